The molecule has 9 atom stereocenters. The van der Waals surface area contributed by atoms with E-state index in [-0.39, 0.29) is 134 Å². The Bertz CT molecular complexity index is 5620. The summed E-state index contributed by atoms with van der Waals surface area (Å²) >= 11 is 16.1. The van der Waals surface area contributed by atoms with E-state index >= 15 is 0 Å². The fourth-order valence-corrected chi connectivity index (χ4v) is 17.4. The summed E-state index contributed by atoms with van der Waals surface area (Å²) in [6.07, 6.45) is 0. The minimum absolute atomic E-state index is 0. The summed E-state index contributed by atoms with van der Waals surface area (Å²) in [4.78, 5) is 295. The van der Waals surface area contributed by atoms with Crippen molar-refractivity contribution < 1.29 is 153 Å². The lowest BCUT2D eigenvalue weighted by molar-refractivity contribution is -0.146. The van der Waals surface area contributed by atoms with Crippen molar-refractivity contribution in [3.63, 3.8) is 0 Å². The lowest BCUT2D eigenvalue weighted by Crippen LogP contribution is -2.46. The summed E-state index contributed by atoms with van der Waals surface area (Å²) in [6, 6.07) is 24.6. The number of esters is 8. The molecule has 51 heteroatoms. The largest absolute Gasteiger partial charge is 0.467 e. The smallest absolute Gasteiger partial charge is 0.347 e. The quantitative estimate of drug-likeness (QED) is 0.0135. The molecule has 0 heterocycles. The Balaban J connectivity index is 0.000000546. The predicted octanol–water partition coefficient (Wildman–Crippen LogP) is 5.02. The van der Waals surface area contributed by atoms with Gasteiger partial charge in [-0.1, -0.05) is 151 Å². The molecule has 142 heavy (non-hydrogen) atoms. The normalized spacial score (nSPS) is 12.3. The van der Waals surface area contributed by atoms with E-state index in [4.69, 9.17) is 38.9 Å². The van der Waals surface area contributed by atoms with Crippen molar-refractivity contribution in [3.05, 3.63) is 179 Å². The first kappa shape index (κ1) is 123. The molecule has 9 unspecified atom stereocenters. The Kier molecular flexibility index (Phi) is 55.8. The minimum atomic E-state index is -1.16. The van der Waals surface area contributed by atoms with Gasteiger partial charge in [0.15, 0.2) is 0 Å². The summed E-state index contributed by atoms with van der Waals surface area (Å²) in [5.74, 6) is -14.6. The zero-order chi connectivity index (χ0) is 105. The number of para-hydroxylation sites is 6. The zero-order valence-electron chi connectivity index (χ0n) is 77.1. The van der Waals surface area contributed by atoms with Gasteiger partial charge in [-0.05, 0) is 79.7 Å². The SMILES string of the molecule is C.CC(=O)NC(CSC(=O)C(CSC(=O)c1ccccc1OC(=O)c1ccccc1OC(=O)C(CS)NC(C)=O)NC(C)=O)C(N)=O.CCOC(=O)C(CSC(=O)C(CSC(=O)c1ccccc1OC(=O)c1ccccc1OC(=O)C(CS)NC(C)=O)NC(C)=O)NC(C)=O.COC(=O)C(CSC(=O)C(CSC(=O)c1ccccc1OC(=O)c1ccccc1OC(=O)C(CS)NC(C)=O)NC(C)=O)NC(C)=O. The van der Waals surface area contributed by atoms with Crippen molar-refractivity contribution in [2.24, 2.45) is 5.73 Å². The first-order chi connectivity index (χ1) is 66.8. The first-order valence-electron chi connectivity index (χ1n) is 41.4. The van der Waals surface area contributed by atoms with E-state index in [0.717, 1.165) is 7.11 Å². The third-order valence-electron chi connectivity index (χ3n) is 17.3. The van der Waals surface area contributed by atoms with Gasteiger partial charge in [0, 0.05) is 114 Å². The Morgan fingerprint density at radius 2 is 0.465 bits per heavy atom. The number of nitrogens with one attached hydrogen (secondary N) is 9. The standard InChI is InChI=1S/C31H35N3O11S3.C30H33N3O11S3.C29H32N4O10S3.CH4/c1-5-43-28(39)23(33-18(3)36)15-48-31(42)24(34-19(4)37)16-47-30(41)21-11-7-9-13-26(21)44-27(38)20-10-6-8-12-25(20)45-29(40)22(14-46)32-17(2)35;1-16(34)31-21(13-45)28(39)44-24-11-7-5-9-19(24)26(37)43-25-12-8-6-10-20(25)29(40)46-15-23(33-18(3)36)30(41)47-14-22(27(38)42-4)32-17(2)35;1-15(34)31-20(12-44)27(39)43-23-10-6-4-8-18(23)26(38)42-24-11-7-5-9-19(24)28(40)45-14-22(33-17(3)36)29(41)46-13-21(25(30)37)32-16(2)35;/h6-13,22-24,46H,5,14-16H2,1-4H3,(H,32,35)(H,33,36)(H,34,37);5-12,21-23,45H,13-15H2,1-4H3,(H,31,34)(H,32,35)(H,33,36);4-11,20-22,44H,12-14H2,1-3H3,(H2,30,37)(H,31,34)(H,32,35)(H,33,36);1H4. The summed E-state index contributed by atoms with van der Waals surface area (Å²) in [7, 11) is 1.13. The van der Waals surface area contributed by atoms with Crippen molar-refractivity contribution in [2.45, 2.75) is 131 Å². The number of carbonyl (C=O) groups excluding carboxylic acids is 24. The fourth-order valence-electron chi connectivity index (χ4n) is 11.0. The molecule has 0 bridgehead atoms. The molecule has 0 saturated heterocycles. The number of amides is 10. The average molecular weight is 2140 g/mol. The van der Waals surface area contributed by atoms with E-state index < -0.39 is 192 Å². The Hall–Kier alpha value is -13.1. The van der Waals surface area contributed by atoms with E-state index in [1.807, 2.05) is 0 Å². The van der Waals surface area contributed by atoms with Gasteiger partial charge in [0.25, 0.3) is 0 Å². The van der Waals surface area contributed by atoms with Gasteiger partial charge in [0.2, 0.25) is 89.8 Å². The zero-order valence-corrected chi connectivity index (χ0v) is 84.6. The van der Waals surface area contributed by atoms with Crippen molar-refractivity contribution in [3.8, 4) is 34.5 Å². The third kappa shape index (κ3) is 44.0. The summed E-state index contributed by atoms with van der Waals surface area (Å²) in [5, 5.41) is 18.2. The third-order valence-corrected chi connectivity index (χ3v) is 24.5. The van der Waals surface area contributed by atoms with Crippen LogP contribution in [0.2, 0.25) is 0 Å². The molecule has 0 aromatic heterocycles. The van der Waals surface area contributed by atoms with Crippen LogP contribution >= 0.6 is 108 Å². The van der Waals surface area contributed by atoms with Crippen LogP contribution < -0.4 is 82.0 Å². The number of thioether (sulfide) groups is 6. The van der Waals surface area contributed by atoms with Crippen LogP contribution in [0.1, 0.15) is 139 Å². The average Bonchev–Trinajstić information content (AvgIpc) is 0.829. The number of thiol groups is 3. The van der Waals surface area contributed by atoms with Gasteiger partial charge in [-0.15, -0.1) is 0 Å². The van der Waals surface area contributed by atoms with Crippen LogP contribution in [0.4, 0.5) is 0 Å². The number of nitrogens with two attached hydrogens (primary N) is 1. The Labute approximate surface area is 856 Å². The molecule has 6 rings (SSSR count). The summed E-state index contributed by atoms with van der Waals surface area (Å²) < 4.78 is 42.1. The molecule has 42 nitrogen and oxygen atoms in total. The highest BCUT2D eigenvalue weighted by molar-refractivity contribution is 8.16. The molecule has 0 aliphatic carbocycles. The van der Waals surface area contributed by atoms with Crippen LogP contribution in [0.3, 0.4) is 0 Å². The number of benzene rings is 6. The van der Waals surface area contributed by atoms with E-state index in [1.54, 1.807) is 6.92 Å². The van der Waals surface area contributed by atoms with E-state index in [1.165, 1.54) is 208 Å². The number of hydrogen-bond acceptors (Lipinski definition) is 41. The molecule has 0 fully saturated rings. The lowest BCUT2D eigenvalue weighted by Gasteiger charge is -2.19. The minimum Gasteiger partial charge on any atom is -0.467 e. The molecule has 0 aliphatic rings. The van der Waals surface area contributed by atoms with Crippen LogP contribution in [0.15, 0.2) is 146 Å². The fraction of sp³-hybridized carbons (Fsp3) is 0.341. The van der Waals surface area contributed by atoms with Gasteiger partial charge in [0.1, 0.15) is 106 Å². The Morgan fingerprint density at radius 3 is 0.690 bits per heavy atom. The lowest BCUT2D eigenvalue weighted by atomic mass is 10.2. The van der Waals surface area contributed by atoms with Crippen molar-refractivity contribution in [1.82, 2.24) is 47.9 Å². The molecule has 6 aromatic carbocycles. The maximum absolute atomic E-state index is 13.3. The van der Waals surface area contributed by atoms with Crippen LogP contribution in [0.25, 0.3) is 0 Å². The molecule has 0 spiro atoms. The number of ether oxygens (including phenoxy) is 8. The second-order valence-corrected chi connectivity index (χ2v) is 35.7. The van der Waals surface area contributed by atoms with Gasteiger partial charge in [-0.2, -0.15) is 37.9 Å². The maximum Gasteiger partial charge on any atom is 0.347 e. The number of rotatable bonds is 46. The highest BCUT2D eigenvalue weighted by atomic mass is 32.2. The number of hydrogen-bond donors (Lipinski definition) is 13. The topological polar surface area (TPSA) is 618 Å². The van der Waals surface area contributed by atoms with Gasteiger partial charge in [-0.3, -0.25) is 76.7 Å². The highest BCUT2D eigenvalue weighted by Gasteiger charge is 2.35. The molecule has 0 saturated carbocycles. The van der Waals surface area contributed by atoms with Gasteiger partial charge >= 0.3 is 47.8 Å². The molecule has 764 valence electrons. The Morgan fingerprint density at radius 1 is 0.268 bits per heavy atom. The number of carbonyl (C=O) groups is 24. The van der Waals surface area contributed by atoms with E-state index in [0.29, 0.717) is 70.6 Å². The summed E-state index contributed by atoms with van der Waals surface area (Å²) in [6.45, 7) is 12.5. The van der Waals surface area contributed by atoms with Gasteiger partial charge in [0.05, 0.1) is 30.4 Å². The van der Waals surface area contributed by atoms with Gasteiger partial charge in [-0.25, -0.2) is 38.4 Å². The van der Waals surface area contributed by atoms with Gasteiger partial charge < -0.3 is 91.5 Å². The van der Waals surface area contributed by atoms with Crippen molar-refractivity contribution >= 4 is 246 Å². The second-order valence-electron chi connectivity index (χ2n) is 28.6. The van der Waals surface area contributed by atoms with Crippen molar-refractivity contribution in [2.75, 3.05) is 65.5 Å². The van der Waals surface area contributed by atoms with E-state index in [2.05, 4.69) is 90.5 Å². The van der Waals surface area contributed by atoms with Crippen LogP contribution in [-0.2, 0) is 95.8 Å². The molecule has 6 aromatic rings. The monoisotopic (exact) mass is 2140 g/mol. The molecule has 0 aliphatic heterocycles. The second kappa shape index (κ2) is 64.4. The highest BCUT2D eigenvalue weighted by Crippen LogP contribution is 2.33. The predicted molar refractivity (Wildman–Crippen MR) is 538 cm³/mol. The van der Waals surface area contributed by atoms with Crippen LogP contribution in [-0.4, -0.2) is 257 Å². The summed E-state index contributed by atoms with van der Waals surface area (Å²) in [5.41, 5.74) is 4.75. The molecule has 10 amide bonds. The molecular formula is C91H104N10O32S9. The van der Waals surface area contributed by atoms with Crippen LogP contribution in [0.5, 0.6) is 34.5 Å². The number of primary amides is 1. The molecule has 0 radical (unpaired) electrons. The van der Waals surface area contributed by atoms with Crippen molar-refractivity contribution in [1.29, 1.82) is 0 Å². The first-order valence-corrected chi connectivity index (χ1v) is 49.3. The van der Waals surface area contributed by atoms with Crippen LogP contribution in [0, 0.1) is 0 Å². The maximum atomic E-state index is 13.3. The number of methoxy groups -OCH3 is 1. The van der Waals surface area contributed by atoms with E-state index in [9.17, 15) is 115 Å². The molecular weight excluding hydrogens is 2030 g/mol. The molecule has 11 N–H and O–H groups in total.